The first-order valence-corrected chi connectivity index (χ1v) is 6.07. The molecule has 4 heteroatoms. The Balaban J connectivity index is 2.39. The summed E-state index contributed by atoms with van der Waals surface area (Å²) in [4.78, 5) is 0. The highest BCUT2D eigenvalue weighted by Crippen LogP contribution is 2.20. The van der Waals surface area contributed by atoms with E-state index in [4.69, 9.17) is 17.3 Å². The SMILES string of the molecule is CCC(N)c1cccc(-n2cc(Cl)c(C)n2)c1. The van der Waals surface area contributed by atoms with Crippen LogP contribution in [0.4, 0.5) is 0 Å². The second-order valence-electron chi connectivity index (χ2n) is 4.12. The van der Waals surface area contributed by atoms with Crippen LogP contribution < -0.4 is 5.73 Å². The summed E-state index contributed by atoms with van der Waals surface area (Å²) in [5, 5.41) is 5.03. The van der Waals surface area contributed by atoms with Gasteiger partial charge in [-0.25, -0.2) is 4.68 Å². The van der Waals surface area contributed by atoms with Crippen LogP contribution in [0.2, 0.25) is 5.02 Å². The molecule has 1 heterocycles. The molecule has 0 bridgehead atoms. The lowest BCUT2D eigenvalue weighted by Gasteiger charge is -2.10. The summed E-state index contributed by atoms with van der Waals surface area (Å²) < 4.78 is 1.78. The van der Waals surface area contributed by atoms with E-state index in [2.05, 4.69) is 18.1 Å². The molecule has 2 aromatic rings. The molecule has 0 fully saturated rings. The van der Waals surface area contributed by atoms with Gasteiger partial charge in [-0.05, 0) is 31.0 Å². The summed E-state index contributed by atoms with van der Waals surface area (Å²) >= 11 is 6.00. The van der Waals surface area contributed by atoms with Gasteiger partial charge in [0.05, 0.1) is 16.4 Å². The largest absolute Gasteiger partial charge is 0.324 e. The number of halogens is 1. The maximum atomic E-state index is 6.02. The van der Waals surface area contributed by atoms with E-state index in [1.807, 2.05) is 31.3 Å². The van der Waals surface area contributed by atoms with Crippen LogP contribution in [0.25, 0.3) is 5.69 Å². The minimum Gasteiger partial charge on any atom is -0.324 e. The lowest BCUT2D eigenvalue weighted by molar-refractivity contribution is 0.697. The molecular formula is C13H16ClN3. The third-order valence-corrected chi connectivity index (χ3v) is 3.21. The molecule has 17 heavy (non-hydrogen) atoms. The van der Waals surface area contributed by atoms with Crippen molar-refractivity contribution in [3.05, 3.63) is 46.7 Å². The highest BCUT2D eigenvalue weighted by Gasteiger charge is 2.07. The zero-order chi connectivity index (χ0) is 12.4. The van der Waals surface area contributed by atoms with Gasteiger partial charge in [0.25, 0.3) is 0 Å². The van der Waals surface area contributed by atoms with E-state index in [9.17, 15) is 0 Å². The molecule has 0 saturated carbocycles. The third kappa shape index (κ3) is 2.51. The van der Waals surface area contributed by atoms with Crippen molar-refractivity contribution in [2.45, 2.75) is 26.3 Å². The number of benzene rings is 1. The molecule has 1 aromatic heterocycles. The molecule has 0 spiro atoms. The Morgan fingerprint density at radius 1 is 1.47 bits per heavy atom. The van der Waals surface area contributed by atoms with Gasteiger partial charge in [-0.15, -0.1) is 0 Å². The summed E-state index contributed by atoms with van der Waals surface area (Å²) in [5.74, 6) is 0. The maximum absolute atomic E-state index is 6.02. The number of nitrogens with zero attached hydrogens (tertiary/aromatic N) is 2. The van der Waals surface area contributed by atoms with Gasteiger partial charge in [0.2, 0.25) is 0 Å². The minimum atomic E-state index is 0.0714. The molecule has 2 N–H and O–H groups in total. The number of aromatic nitrogens is 2. The second-order valence-corrected chi connectivity index (χ2v) is 4.52. The van der Waals surface area contributed by atoms with Crippen LogP contribution in [0, 0.1) is 6.92 Å². The highest BCUT2D eigenvalue weighted by atomic mass is 35.5. The van der Waals surface area contributed by atoms with E-state index in [1.54, 1.807) is 4.68 Å². The fraction of sp³-hybridized carbons (Fsp3) is 0.308. The maximum Gasteiger partial charge on any atom is 0.0819 e. The average Bonchev–Trinajstić information content (AvgIpc) is 2.69. The van der Waals surface area contributed by atoms with Gasteiger partial charge in [0.15, 0.2) is 0 Å². The standard InChI is InChI=1S/C13H16ClN3/c1-3-13(15)10-5-4-6-11(7-10)17-8-12(14)9(2)16-17/h4-8,13H,3,15H2,1-2H3. The molecule has 2 rings (SSSR count). The van der Waals surface area contributed by atoms with E-state index >= 15 is 0 Å². The van der Waals surface area contributed by atoms with Crippen LogP contribution in [0.5, 0.6) is 0 Å². The molecule has 90 valence electrons. The topological polar surface area (TPSA) is 43.8 Å². The van der Waals surface area contributed by atoms with Gasteiger partial charge in [0.1, 0.15) is 0 Å². The Kier molecular flexibility index (Phi) is 3.50. The lowest BCUT2D eigenvalue weighted by atomic mass is 10.1. The first kappa shape index (κ1) is 12.1. The van der Waals surface area contributed by atoms with Gasteiger partial charge >= 0.3 is 0 Å². The predicted octanol–water partition coefficient (Wildman–Crippen LogP) is 3.24. The van der Waals surface area contributed by atoms with Crippen molar-refractivity contribution >= 4 is 11.6 Å². The van der Waals surface area contributed by atoms with E-state index in [1.165, 1.54) is 0 Å². The summed E-state index contributed by atoms with van der Waals surface area (Å²) in [5.41, 5.74) is 8.96. The number of nitrogens with two attached hydrogens (primary N) is 1. The highest BCUT2D eigenvalue weighted by molar-refractivity contribution is 6.31. The number of hydrogen-bond donors (Lipinski definition) is 1. The van der Waals surface area contributed by atoms with Gasteiger partial charge in [-0.3, -0.25) is 0 Å². The molecular weight excluding hydrogens is 234 g/mol. The Labute approximate surface area is 106 Å². The van der Waals surface area contributed by atoms with Gasteiger partial charge in [-0.2, -0.15) is 5.10 Å². The van der Waals surface area contributed by atoms with Crippen molar-refractivity contribution in [3.8, 4) is 5.69 Å². The molecule has 0 aliphatic rings. The van der Waals surface area contributed by atoms with Crippen molar-refractivity contribution in [3.63, 3.8) is 0 Å². The van der Waals surface area contributed by atoms with Gasteiger partial charge < -0.3 is 5.73 Å². The van der Waals surface area contributed by atoms with E-state index < -0.39 is 0 Å². The molecule has 0 aliphatic heterocycles. The monoisotopic (exact) mass is 249 g/mol. The van der Waals surface area contributed by atoms with Crippen molar-refractivity contribution in [1.82, 2.24) is 9.78 Å². The zero-order valence-electron chi connectivity index (χ0n) is 10.0. The van der Waals surface area contributed by atoms with Crippen molar-refractivity contribution in [1.29, 1.82) is 0 Å². The fourth-order valence-corrected chi connectivity index (χ4v) is 1.84. The van der Waals surface area contributed by atoms with Crippen LogP contribution in [0.1, 0.15) is 30.6 Å². The molecule has 1 aromatic carbocycles. The summed E-state index contributed by atoms with van der Waals surface area (Å²) in [7, 11) is 0. The minimum absolute atomic E-state index is 0.0714. The molecule has 0 radical (unpaired) electrons. The fourth-order valence-electron chi connectivity index (χ4n) is 1.70. The van der Waals surface area contributed by atoms with Crippen LogP contribution in [-0.2, 0) is 0 Å². The summed E-state index contributed by atoms with van der Waals surface area (Å²) in [6, 6.07) is 8.15. The number of hydrogen-bond acceptors (Lipinski definition) is 2. The average molecular weight is 250 g/mol. The molecule has 1 unspecified atom stereocenters. The first-order chi connectivity index (χ1) is 8.11. The van der Waals surface area contributed by atoms with Gasteiger partial charge in [-0.1, -0.05) is 30.7 Å². The molecule has 0 aliphatic carbocycles. The molecule has 0 saturated heterocycles. The van der Waals surface area contributed by atoms with Crippen molar-refractivity contribution in [2.24, 2.45) is 5.73 Å². The van der Waals surface area contributed by atoms with Crippen LogP contribution in [0.15, 0.2) is 30.5 Å². The molecule has 1 atom stereocenters. The normalized spacial score (nSPS) is 12.7. The predicted molar refractivity (Wildman–Crippen MR) is 70.5 cm³/mol. The Morgan fingerprint density at radius 3 is 2.82 bits per heavy atom. The third-order valence-electron chi connectivity index (χ3n) is 2.84. The molecule has 0 amide bonds. The Morgan fingerprint density at radius 2 is 2.24 bits per heavy atom. The lowest BCUT2D eigenvalue weighted by Crippen LogP contribution is -2.09. The van der Waals surface area contributed by atoms with Crippen LogP contribution in [-0.4, -0.2) is 9.78 Å². The van der Waals surface area contributed by atoms with Crippen LogP contribution >= 0.6 is 11.6 Å². The van der Waals surface area contributed by atoms with Crippen molar-refractivity contribution < 1.29 is 0 Å². The Hall–Kier alpha value is -1.32. The van der Waals surface area contributed by atoms with E-state index in [-0.39, 0.29) is 6.04 Å². The van der Waals surface area contributed by atoms with Crippen LogP contribution in [0.3, 0.4) is 0 Å². The number of rotatable bonds is 3. The summed E-state index contributed by atoms with van der Waals surface area (Å²) in [6.45, 7) is 3.97. The summed E-state index contributed by atoms with van der Waals surface area (Å²) in [6.07, 6.45) is 2.73. The van der Waals surface area contributed by atoms with E-state index in [0.717, 1.165) is 23.4 Å². The molecule has 3 nitrogen and oxygen atoms in total. The number of aryl methyl sites for hydroxylation is 1. The van der Waals surface area contributed by atoms with Crippen molar-refractivity contribution in [2.75, 3.05) is 0 Å². The zero-order valence-corrected chi connectivity index (χ0v) is 10.8. The first-order valence-electron chi connectivity index (χ1n) is 5.69. The quantitative estimate of drug-likeness (QED) is 0.908. The van der Waals surface area contributed by atoms with E-state index in [0.29, 0.717) is 5.02 Å². The van der Waals surface area contributed by atoms with Gasteiger partial charge in [0, 0.05) is 12.2 Å². The second kappa shape index (κ2) is 4.90. The smallest absolute Gasteiger partial charge is 0.0819 e. The Bertz CT molecular complexity index is 500.